The fraction of sp³-hybridized carbons (Fsp3) is 0.0357. The zero-order valence-electron chi connectivity index (χ0n) is 32.3. The molecule has 0 bridgehead atoms. The van der Waals surface area contributed by atoms with Crippen molar-refractivity contribution in [1.29, 1.82) is 0 Å². The zero-order chi connectivity index (χ0) is 38.6. The van der Waals surface area contributed by atoms with E-state index in [0.29, 0.717) is 0 Å². The number of aromatic nitrogens is 1. The summed E-state index contributed by atoms with van der Waals surface area (Å²) in [6, 6.07) is 82.4. The fourth-order valence-corrected chi connectivity index (χ4v) is 9.59. The molecule has 1 heterocycles. The second-order valence-corrected chi connectivity index (χ2v) is 15.4. The molecular weight excluding hydrogens is 701 g/mol. The Morgan fingerprint density at radius 2 is 0.931 bits per heavy atom. The van der Waals surface area contributed by atoms with Crippen molar-refractivity contribution in [3.63, 3.8) is 0 Å². The number of hydrogen-bond acceptors (Lipinski definition) is 1. The molecule has 1 aliphatic rings. The largest absolute Gasteiger partial charge is 0.310 e. The van der Waals surface area contributed by atoms with Crippen LogP contribution >= 0.6 is 0 Å². The third-order valence-corrected chi connectivity index (χ3v) is 12.1. The average Bonchev–Trinajstić information content (AvgIpc) is 3.79. The van der Waals surface area contributed by atoms with Gasteiger partial charge in [0.25, 0.3) is 0 Å². The Hall–Kier alpha value is -7.42. The highest BCUT2D eigenvalue weighted by Gasteiger charge is 2.47. The second-order valence-electron chi connectivity index (χ2n) is 15.4. The van der Waals surface area contributed by atoms with Gasteiger partial charge in [-0.05, 0) is 94.4 Å². The molecule has 0 spiro atoms. The highest BCUT2D eigenvalue weighted by Crippen LogP contribution is 2.58. The van der Waals surface area contributed by atoms with Crippen molar-refractivity contribution >= 4 is 38.9 Å². The molecule has 274 valence electrons. The van der Waals surface area contributed by atoms with Crippen molar-refractivity contribution in [2.75, 3.05) is 4.90 Å². The number of rotatable bonds is 7. The van der Waals surface area contributed by atoms with E-state index in [-0.39, 0.29) is 0 Å². The molecule has 1 aromatic heterocycles. The lowest BCUT2D eigenvalue weighted by Gasteiger charge is -2.34. The number of hydrogen-bond donors (Lipinski definition) is 0. The van der Waals surface area contributed by atoms with E-state index in [1.165, 1.54) is 77.6 Å². The molecule has 1 aliphatic carbocycles. The lowest BCUT2D eigenvalue weighted by atomic mass is 9.68. The summed E-state index contributed by atoms with van der Waals surface area (Å²) >= 11 is 0. The van der Waals surface area contributed by atoms with Crippen LogP contribution < -0.4 is 4.90 Å². The average molecular weight is 741 g/mol. The highest BCUT2D eigenvalue weighted by molar-refractivity contribution is 6.11. The summed E-state index contributed by atoms with van der Waals surface area (Å²) < 4.78 is 2.52. The van der Waals surface area contributed by atoms with Crippen molar-refractivity contribution in [2.24, 2.45) is 0 Å². The van der Waals surface area contributed by atoms with Crippen LogP contribution in [0.5, 0.6) is 0 Å². The number of anilines is 3. The second kappa shape index (κ2) is 13.7. The van der Waals surface area contributed by atoms with Gasteiger partial charge in [-0.2, -0.15) is 0 Å². The monoisotopic (exact) mass is 740 g/mol. The van der Waals surface area contributed by atoms with Gasteiger partial charge in [-0.1, -0.05) is 181 Å². The number of nitrogens with zero attached hydrogens (tertiary/aromatic N) is 2. The SMILES string of the molecule is Cc1ccc(N(c2ccc(-c3ccccc3)cc2)c2ccc3c4ccccc4n(-c4cccc5c4-c4ccccc4C5(c4ccccc4)c4ccccc4)c3c2)cc1. The van der Waals surface area contributed by atoms with Crippen LogP contribution in [-0.2, 0) is 5.41 Å². The molecule has 0 atom stereocenters. The molecule has 0 saturated heterocycles. The van der Waals surface area contributed by atoms with Gasteiger partial charge in [-0.25, -0.2) is 0 Å². The van der Waals surface area contributed by atoms with Gasteiger partial charge >= 0.3 is 0 Å². The molecule has 9 aromatic carbocycles. The Balaban J connectivity index is 1.17. The van der Waals surface area contributed by atoms with Crippen molar-refractivity contribution in [3.8, 4) is 27.9 Å². The maximum atomic E-state index is 2.52. The van der Waals surface area contributed by atoms with E-state index in [4.69, 9.17) is 0 Å². The quantitative estimate of drug-likeness (QED) is 0.158. The summed E-state index contributed by atoms with van der Waals surface area (Å²) in [6.45, 7) is 2.15. The molecule has 0 N–H and O–H groups in total. The van der Waals surface area contributed by atoms with E-state index in [2.05, 4.69) is 241 Å². The minimum atomic E-state index is -0.484. The Morgan fingerprint density at radius 1 is 0.397 bits per heavy atom. The van der Waals surface area contributed by atoms with Gasteiger partial charge in [-0.3, -0.25) is 0 Å². The van der Waals surface area contributed by atoms with Crippen LogP contribution in [0.3, 0.4) is 0 Å². The summed E-state index contributed by atoms with van der Waals surface area (Å²) in [4.78, 5) is 2.39. The molecule has 10 aromatic rings. The van der Waals surface area contributed by atoms with Gasteiger partial charge in [0, 0.05) is 33.4 Å². The van der Waals surface area contributed by atoms with Gasteiger partial charge in [0.2, 0.25) is 0 Å². The van der Waals surface area contributed by atoms with Crippen LogP contribution in [0.15, 0.2) is 224 Å². The minimum Gasteiger partial charge on any atom is -0.310 e. The fourth-order valence-electron chi connectivity index (χ4n) is 9.59. The topological polar surface area (TPSA) is 8.17 Å². The molecule has 0 fully saturated rings. The summed E-state index contributed by atoms with van der Waals surface area (Å²) in [5.41, 5.74) is 17.7. The van der Waals surface area contributed by atoms with Gasteiger partial charge < -0.3 is 9.47 Å². The molecule has 2 nitrogen and oxygen atoms in total. The Kier molecular flexibility index (Phi) is 7.97. The van der Waals surface area contributed by atoms with Crippen molar-refractivity contribution < 1.29 is 0 Å². The van der Waals surface area contributed by atoms with E-state index in [9.17, 15) is 0 Å². The highest BCUT2D eigenvalue weighted by atomic mass is 15.1. The first kappa shape index (κ1) is 33.9. The summed E-state index contributed by atoms with van der Waals surface area (Å²) in [5, 5.41) is 2.46. The van der Waals surface area contributed by atoms with Crippen LogP contribution in [-0.4, -0.2) is 4.57 Å². The van der Waals surface area contributed by atoms with Crippen LogP contribution in [0.4, 0.5) is 17.1 Å². The Labute approximate surface area is 339 Å². The number of fused-ring (bicyclic) bond motifs is 6. The maximum Gasteiger partial charge on any atom is 0.0714 e. The third-order valence-electron chi connectivity index (χ3n) is 12.1. The smallest absolute Gasteiger partial charge is 0.0714 e. The molecule has 11 rings (SSSR count). The standard InChI is InChI=1S/C56H40N2/c1-39-28-32-44(33-29-39)57(45-34-30-41(31-35-45)40-16-5-2-6-17-40)46-36-37-48-47-22-12-14-26-52(47)58(54(48)38-46)53-27-15-25-51-55(53)49-23-11-13-24-50(49)56(51,42-18-7-3-8-19-42)43-20-9-4-10-21-43/h2-38H,1H3. The minimum absolute atomic E-state index is 0.484. The summed E-state index contributed by atoms with van der Waals surface area (Å²) in [7, 11) is 0. The van der Waals surface area contributed by atoms with Crippen LogP contribution in [0, 0.1) is 6.92 Å². The predicted octanol–water partition coefficient (Wildman–Crippen LogP) is 14.6. The molecule has 0 unspecified atom stereocenters. The van der Waals surface area contributed by atoms with E-state index >= 15 is 0 Å². The first-order valence-electron chi connectivity index (χ1n) is 20.1. The summed E-state index contributed by atoms with van der Waals surface area (Å²) in [6.07, 6.45) is 0. The number of aryl methyl sites for hydroxylation is 1. The van der Waals surface area contributed by atoms with Gasteiger partial charge in [-0.15, -0.1) is 0 Å². The van der Waals surface area contributed by atoms with Crippen molar-refractivity contribution in [3.05, 3.63) is 252 Å². The van der Waals surface area contributed by atoms with Crippen LogP contribution in [0.1, 0.15) is 27.8 Å². The molecule has 2 heteroatoms. The van der Waals surface area contributed by atoms with Crippen molar-refractivity contribution in [1.82, 2.24) is 4.57 Å². The molecule has 0 aliphatic heterocycles. The zero-order valence-corrected chi connectivity index (χ0v) is 32.3. The lowest BCUT2D eigenvalue weighted by molar-refractivity contribution is 0.768. The molecular formula is C56H40N2. The predicted molar refractivity (Wildman–Crippen MR) is 243 cm³/mol. The van der Waals surface area contributed by atoms with Crippen LogP contribution in [0.2, 0.25) is 0 Å². The number of para-hydroxylation sites is 1. The summed E-state index contributed by atoms with van der Waals surface area (Å²) in [5.74, 6) is 0. The molecule has 0 radical (unpaired) electrons. The molecule has 0 amide bonds. The van der Waals surface area contributed by atoms with Gasteiger partial charge in [0.1, 0.15) is 0 Å². The van der Waals surface area contributed by atoms with E-state index in [1.807, 2.05) is 0 Å². The Morgan fingerprint density at radius 3 is 1.64 bits per heavy atom. The van der Waals surface area contributed by atoms with Gasteiger partial charge in [0.05, 0.1) is 22.1 Å². The normalized spacial score (nSPS) is 12.7. The lowest BCUT2D eigenvalue weighted by Crippen LogP contribution is -2.28. The third kappa shape index (κ3) is 5.19. The number of benzene rings is 9. The van der Waals surface area contributed by atoms with E-state index in [1.54, 1.807) is 0 Å². The maximum absolute atomic E-state index is 2.52. The van der Waals surface area contributed by atoms with Crippen LogP contribution in [0.25, 0.3) is 49.7 Å². The first-order valence-corrected chi connectivity index (χ1v) is 20.1. The van der Waals surface area contributed by atoms with E-state index < -0.39 is 5.41 Å². The molecule has 0 saturated carbocycles. The van der Waals surface area contributed by atoms with Crippen molar-refractivity contribution in [2.45, 2.75) is 12.3 Å². The Bertz CT molecular complexity index is 3050. The first-order chi connectivity index (χ1) is 28.7. The van der Waals surface area contributed by atoms with E-state index in [0.717, 1.165) is 17.1 Å². The van der Waals surface area contributed by atoms with Gasteiger partial charge in [0.15, 0.2) is 0 Å². The molecule has 58 heavy (non-hydrogen) atoms.